The molecule has 88 valence electrons. The van der Waals surface area contributed by atoms with E-state index < -0.39 is 5.41 Å². The van der Waals surface area contributed by atoms with Crippen molar-refractivity contribution < 1.29 is 9.53 Å². The number of rotatable bonds is 2. The second kappa shape index (κ2) is 4.17. The monoisotopic (exact) mass is 229 g/mol. The Morgan fingerprint density at radius 2 is 2.00 bits per heavy atom. The van der Waals surface area contributed by atoms with Gasteiger partial charge in [0.1, 0.15) is 0 Å². The maximum absolute atomic E-state index is 11.7. The number of fused-ring (bicyclic) bond motifs is 1. The van der Waals surface area contributed by atoms with Crippen LogP contribution in [-0.2, 0) is 14.9 Å². The largest absolute Gasteiger partial charge is 0.468 e. The van der Waals surface area contributed by atoms with Gasteiger partial charge in [-0.3, -0.25) is 9.78 Å². The van der Waals surface area contributed by atoms with Crippen LogP contribution < -0.4 is 0 Å². The van der Waals surface area contributed by atoms with Crippen molar-refractivity contribution in [1.82, 2.24) is 4.98 Å². The Balaban J connectivity index is 2.53. The van der Waals surface area contributed by atoms with Gasteiger partial charge in [0.2, 0.25) is 0 Å². The van der Waals surface area contributed by atoms with Gasteiger partial charge < -0.3 is 4.74 Å². The third kappa shape index (κ3) is 2.00. The average molecular weight is 229 g/mol. The Labute approximate surface area is 100 Å². The van der Waals surface area contributed by atoms with Gasteiger partial charge in [0, 0.05) is 11.6 Å². The molecule has 0 radical (unpaired) electrons. The van der Waals surface area contributed by atoms with Crippen LogP contribution in [0.3, 0.4) is 0 Å². The van der Waals surface area contributed by atoms with Gasteiger partial charge in [-0.25, -0.2) is 0 Å². The van der Waals surface area contributed by atoms with Crippen LogP contribution in [0.1, 0.15) is 19.4 Å². The molecule has 0 unspecified atom stereocenters. The molecule has 3 heteroatoms. The van der Waals surface area contributed by atoms with Crippen LogP contribution in [0.25, 0.3) is 10.9 Å². The maximum atomic E-state index is 11.7. The van der Waals surface area contributed by atoms with Crippen LogP contribution in [0, 0.1) is 0 Å². The Morgan fingerprint density at radius 3 is 2.71 bits per heavy atom. The zero-order valence-electron chi connectivity index (χ0n) is 10.2. The zero-order valence-corrected chi connectivity index (χ0v) is 10.2. The smallest absolute Gasteiger partial charge is 0.315 e. The third-order valence-electron chi connectivity index (χ3n) is 3.01. The van der Waals surface area contributed by atoms with Gasteiger partial charge in [-0.05, 0) is 31.5 Å². The Hall–Kier alpha value is -1.90. The topological polar surface area (TPSA) is 39.2 Å². The normalized spacial score (nSPS) is 11.5. The Kier molecular flexibility index (Phi) is 2.84. The average Bonchev–Trinajstić information content (AvgIpc) is 2.37. The third-order valence-corrected chi connectivity index (χ3v) is 3.01. The van der Waals surface area contributed by atoms with Crippen LogP contribution >= 0.6 is 0 Å². The highest BCUT2D eigenvalue weighted by Gasteiger charge is 2.31. The molecular formula is C14H15NO2. The maximum Gasteiger partial charge on any atom is 0.315 e. The summed E-state index contributed by atoms with van der Waals surface area (Å²) in [6.45, 7) is 3.68. The minimum atomic E-state index is -0.675. The molecule has 0 atom stereocenters. The highest BCUT2D eigenvalue weighted by Crippen LogP contribution is 2.26. The van der Waals surface area contributed by atoms with Crippen LogP contribution in [0.5, 0.6) is 0 Å². The first kappa shape index (κ1) is 11.6. The van der Waals surface area contributed by atoms with Gasteiger partial charge in [-0.15, -0.1) is 0 Å². The number of benzene rings is 1. The summed E-state index contributed by atoms with van der Waals surface area (Å²) in [6, 6.07) is 9.82. The molecule has 0 saturated heterocycles. The number of hydrogen-bond donors (Lipinski definition) is 0. The van der Waals surface area contributed by atoms with Crippen LogP contribution in [-0.4, -0.2) is 18.1 Å². The fourth-order valence-electron chi connectivity index (χ4n) is 1.79. The lowest BCUT2D eigenvalue weighted by atomic mass is 9.85. The molecule has 0 saturated carbocycles. The highest BCUT2D eigenvalue weighted by molar-refractivity contribution is 5.85. The van der Waals surface area contributed by atoms with E-state index in [1.807, 2.05) is 44.2 Å². The van der Waals surface area contributed by atoms with Crippen LogP contribution in [0.4, 0.5) is 0 Å². The number of para-hydroxylation sites is 1. The van der Waals surface area contributed by atoms with E-state index in [2.05, 4.69) is 4.98 Å². The second-order valence-electron chi connectivity index (χ2n) is 4.53. The molecule has 1 heterocycles. The van der Waals surface area contributed by atoms with Gasteiger partial charge in [-0.2, -0.15) is 0 Å². The van der Waals surface area contributed by atoms with E-state index in [-0.39, 0.29) is 5.97 Å². The van der Waals surface area contributed by atoms with Gasteiger partial charge in [0.25, 0.3) is 0 Å². The summed E-state index contributed by atoms with van der Waals surface area (Å²) in [5.74, 6) is -0.255. The summed E-state index contributed by atoms with van der Waals surface area (Å²) >= 11 is 0. The number of methoxy groups -OCH3 is 1. The van der Waals surface area contributed by atoms with E-state index in [0.717, 1.165) is 16.5 Å². The number of ether oxygens (including phenoxy) is 1. The van der Waals surface area contributed by atoms with E-state index in [4.69, 9.17) is 4.74 Å². The zero-order chi connectivity index (χ0) is 12.5. The van der Waals surface area contributed by atoms with E-state index in [0.29, 0.717) is 0 Å². The van der Waals surface area contributed by atoms with Crippen molar-refractivity contribution >= 4 is 16.9 Å². The fourth-order valence-corrected chi connectivity index (χ4v) is 1.79. The SMILES string of the molecule is COC(=O)C(C)(C)c1cnc2ccccc2c1. The molecule has 0 aliphatic carbocycles. The first-order valence-electron chi connectivity index (χ1n) is 5.49. The van der Waals surface area contributed by atoms with E-state index >= 15 is 0 Å². The second-order valence-corrected chi connectivity index (χ2v) is 4.53. The summed E-state index contributed by atoms with van der Waals surface area (Å²) in [7, 11) is 1.40. The highest BCUT2D eigenvalue weighted by atomic mass is 16.5. The van der Waals surface area contributed by atoms with Gasteiger partial charge in [0.15, 0.2) is 0 Å². The first-order valence-corrected chi connectivity index (χ1v) is 5.49. The Bertz CT molecular complexity index is 561. The van der Waals surface area contributed by atoms with Gasteiger partial charge >= 0.3 is 5.97 Å². The molecule has 0 aliphatic heterocycles. The number of pyridine rings is 1. The summed E-state index contributed by atoms with van der Waals surface area (Å²) in [6.07, 6.45) is 1.74. The molecule has 3 nitrogen and oxygen atoms in total. The number of esters is 1. The molecule has 0 aliphatic rings. The quantitative estimate of drug-likeness (QED) is 0.743. The minimum absolute atomic E-state index is 0.255. The molecule has 1 aromatic carbocycles. The van der Waals surface area contributed by atoms with E-state index in [1.54, 1.807) is 6.20 Å². The molecule has 2 rings (SSSR count). The first-order chi connectivity index (χ1) is 8.05. The summed E-state index contributed by atoms with van der Waals surface area (Å²) in [5, 5.41) is 1.03. The van der Waals surface area contributed by atoms with Crippen LogP contribution in [0.15, 0.2) is 36.5 Å². The Morgan fingerprint density at radius 1 is 1.29 bits per heavy atom. The number of nitrogens with zero attached hydrogens (tertiary/aromatic N) is 1. The van der Waals surface area contributed by atoms with Crippen molar-refractivity contribution in [3.05, 3.63) is 42.1 Å². The van der Waals surface area contributed by atoms with Gasteiger partial charge in [-0.1, -0.05) is 18.2 Å². The number of hydrogen-bond acceptors (Lipinski definition) is 3. The standard InChI is InChI=1S/C14H15NO2/c1-14(2,13(16)17-3)11-8-10-6-4-5-7-12(10)15-9-11/h4-9H,1-3H3. The summed E-state index contributed by atoms with van der Waals surface area (Å²) < 4.78 is 4.81. The predicted octanol–water partition coefficient (Wildman–Crippen LogP) is 2.69. The molecule has 0 amide bonds. The van der Waals surface area contributed by atoms with E-state index in [1.165, 1.54) is 7.11 Å². The molecule has 0 spiro atoms. The van der Waals surface area contributed by atoms with Crippen molar-refractivity contribution in [2.24, 2.45) is 0 Å². The molecule has 0 N–H and O–H groups in total. The van der Waals surface area contributed by atoms with Crippen LogP contribution in [0.2, 0.25) is 0 Å². The predicted molar refractivity (Wildman–Crippen MR) is 66.8 cm³/mol. The molecular weight excluding hydrogens is 214 g/mol. The minimum Gasteiger partial charge on any atom is -0.468 e. The lowest BCUT2D eigenvalue weighted by Gasteiger charge is -2.21. The number of aromatic nitrogens is 1. The molecule has 1 aromatic heterocycles. The summed E-state index contributed by atoms with van der Waals surface area (Å²) in [4.78, 5) is 16.1. The van der Waals surface area contributed by atoms with Gasteiger partial charge in [0.05, 0.1) is 18.0 Å². The number of carbonyl (C=O) groups is 1. The fraction of sp³-hybridized carbons (Fsp3) is 0.286. The van der Waals surface area contributed by atoms with E-state index in [9.17, 15) is 4.79 Å². The lowest BCUT2D eigenvalue weighted by molar-refractivity contribution is -0.146. The molecule has 17 heavy (non-hydrogen) atoms. The van der Waals surface area contributed by atoms with Crippen molar-refractivity contribution in [2.45, 2.75) is 19.3 Å². The van der Waals surface area contributed by atoms with Crippen molar-refractivity contribution in [3.63, 3.8) is 0 Å². The van der Waals surface area contributed by atoms with Crippen molar-refractivity contribution in [2.75, 3.05) is 7.11 Å². The molecule has 0 bridgehead atoms. The summed E-state index contributed by atoms with van der Waals surface area (Å²) in [5.41, 5.74) is 1.12. The van der Waals surface area contributed by atoms with Crippen molar-refractivity contribution in [3.8, 4) is 0 Å². The number of carbonyl (C=O) groups excluding carboxylic acids is 1. The lowest BCUT2D eigenvalue weighted by Crippen LogP contribution is -2.30. The van der Waals surface area contributed by atoms with Crippen molar-refractivity contribution in [1.29, 1.82) is 0 Å². The molecule has 2 aromatic rings. The molecule has 0 fully saturated rings.